The van der Waals surface area contributed by atoms with Crippen LogP contribution in [0.1, 0.15) is 70.6 Å². The van der Waals surface area contributed by atoms with E-state index in [1.54, 1.807) is 0 Å². The van der Waals surface area contributed by atoms with E-state index in [0.29, 0.717) is 0 Å². The Hall–Kier alpha value is -1.06. The number of hydrogen-bond donors (Lipinski definition) is 1. The standard InChI is InChI=1S/C19H29NO3/c21-17(12-23-18(22)16-4-2-1-3-5-16)20-19-9-13-6-14(10-19)8-15(7-13)11-19/h13-16H,1-12H2,(H,20,21). The lowest BCUT2D eigenvalue weighted by atomic mass is 9.53. The van der Waals surface area contributed by atoms with Crippen molar-refractivity contribution >= 4 is 11.9 Å². The van der Waals surface area contributed by atoms with Gasteiger partial charge >= 0.3 is 5.97 Å². The fourth-order valence-corrected chi connectivity index (χ4v) is 6.19. The Morgan fingerprint density at radius 1 is 0.913 bits per heavy atom. The lowest BCUT2D eigenvalue weighted by Gasteiger charge is -2.56. The topological polar surface area (TPSA) is 55.4 Å². The van der Waals surface area contributed by atoms with Crippen LogP contribution in [0.3, 0.4) is 0 Å². The second-order valence-corrected chi connectivity index (χ2v) is 8.69. The Morgan fingerprint density at radius 2 is 1.48 bits per heavy atom. The largest absolute Gasteiger partial charge is 0.455 e. The van der Waals surface area contributed by atoms with Gasteiger partial charge in [-0.25, -0.2) is 0 Å². The molecule has 0 heterocycles. The van der Waals surface area contributed by atoms with Gasteiger partial charge in [0.05, 0.1) is 5.92 Å². The van der Waals surface area contributed by atoms with Crippen LogP contribution < -0.4 is 5.32 Å². The summed E-state index contributed by atoms with van der Waals surface area (Å²) >= 11 is 0. The summed E-state index contributed by atoms with van der Waals surface area (Å²) in [6, 6.07) is 0. The summed E-state index contributed by atoms with van der Waals surface area (Å²) in [4.78, 5) is 24.4. The molecule has 5 rings (SSSR count). The summed E-state index contributed by atoms with van der Waals surface area (Å²) in [5.74, 6) is 2.21. The van der Waals surface area contributed by atoms with Gasteiger partial charge in [0.2, 0.25) is 0 Å². The molecule has 4 bridgehead atoms. The second kappa shape index (κ2) is 6.10. The minimum Gasteiger partial charge on any atom is -0.455 e. The van der Waals surface area contributed by atoms with Gasteiger partial charge in [0.1, 0.15) is 0 Å². The summed E-state index contributed by atoms with van der Waals surface area (Å²) in [6.07, 6.45) is 12.8. The van der Waals surface area contributed by atoms with E-state index in [2.05, 4.69) is 5.32 Å². The van der Waals surface area contributed by atoms with Gasteiger partial charge in [0.25, 0.3) is 5.91 Å². The average molecular weight is 319 g/mol. The van der Waals surface area contributed by atoms with Gasteiger partial charge in [0, 0.05) is 5.54 Å². The molecule has 0 aromatic carbocycles. The van der Waals surface area contributed by atoms with Gasteiger partial charge in [-0.15, -0.1) is 0 Å². The summed E-state index contributed by atoms with van der Waals surface area (Å²) in [5.41, 5.74) is 0.0169. The highest BCUT2D eigenvalue weighted by molar-refractivity contribution is 5.81. The van der Waals surface area contributed by atoms with Crippen molar-refractivity contribution in [3.8, 4) is 0 Å². The number of nitrogens with one attached hydrogen (secondary N) is 1. The molecule has 5 fully saturated rings. The summed E-state index contributed by atoms with van der Waals surface area (Å²) < 4.78 is 5.31. The Labute approximate surface area is 138 Å². The molecule has 0 aliphatic heterocycles. The van der Waals surface area contributed by atoms with E-state index in [1.165, 1.54) is 25.7 Å². The molecule has 0 spiro atoms. The van der Waals surface area contributed by atoms with Crippen LogP contribution in [-0.4, -0.2) is 24.0 Å². The van der Waals surface area contributed by atoms with E-state index < -0.39 is 0 Å². The quantitative estimate of drug-likeness (QED) is 0.810. The number of esters is 1. The van der Waals surface area contributed by atoms with E-state index in [1.807, 2.05) is 0 Å². The minimum absolute atomic E-state index is 0.0169. The van der Waals surface area contributed by atoms with Crippen LogP contribution in [0.25, 0.3) is 0 Å². The van der Waals surface area contributed by atoms with Gasteiger partial charge < -0.3 is 10.1 Å². The molecule has 5 aliphatic rings. The zero-order valence-electron chi connectivity index (χ0n) is 14.0. The third-order valence-electron chi connectivity index (χ3n) is 6.73. The Kier molecular flexibility index (Phi) is 4.10. The number of ether oxygens (including phenoxy) is 1. The highest BCUT2D eigenvalue weighted by atomic mass is 16.5. The maximum atomic E-state index is 12.3. The molecule has 0 unspecified atom stereocenters. The number of rotatable bonds is 4. The number of hydrogen-bond acceptors (Lipinski definition) is 3. The number of amides is 1. The molecular weight excluding hydrogens is 290 g/mol. The molecule has 0 saturated heterocycles. The summed E-state index contributed by atoms with van der Waals surface area (Å²) in [6.45, 7) is -0.0862. The zero-order valence-corrected chi connectivity index (χ0v) is 14.0. The molecule has 0 aromatic heterocycles. The normalized spacial score (nSPS) is 39.2. The Bertz CT molecular complexity index is 446. The molecule has 23 heavy (non-hydrogen) atoms. The van der Waals surface area contributed by atoms with Gasteiger partial charge in [-0.2, -0.15) is 0 Å². The molecule has 4 heteroatoms. The van der Waals surface area contributed by atoms with Crippen molar-refractivity contribution in [1.29, 1.82) is 0 Å². The van der Waals surface area contributed by atoms with Crippen LogP contribution in [0, 0.1) is 23.7 Å². The van der Waals surface area contributed by atoms with Gasteiger partial charge in [-0.05, 0) is 69.1 Å². The van der Waals surface area contributed by atoms with Crippen molar-refractivity contribution in [1.82, 2.24) is 5.32 Å². The zero-order chi connectivity index (χ0) is 15.9. The maximum absolute atomic E-state index is 12.3. The van der Waals surface area contributed by atoms with E-state index in [-0.39, 0.29) is 29.9 Å². The van der Waals surface area contributed by atoms with Crippen LogP contribution in [0.4, 0.5) is 0 Å². The van der Waals surface area contributed by atoms with E-state index in [4.69, 9.17) is 4.74 Å². The van der Waals surface area contributed by atoms with Crippen molar-refractivity contribution in [2.24, 2.45) is 23.7 Å². The van der Waals surface area contributed by atoms with Crippen molar-refractivity contribution in [3.63, 3.8) is 0 Å². The lowest BCUT2D eigenvalue weighted by Crippen LogP contribution is -2.60. The van der Waals surface area contributed by atoms with Gasteiger partial charge in [0.15, 0.2) is 6.61 Å². The molecule has 1 amide bonds. The molecule has 0 atom stereocenters. The van der Waals surface area contributed by atoms with Gasteiger partial charge in [-0.1, -0.05) is 19.3 Å². The number of carbonyl (C=O) groups excluding carboxylic acids is 2. The van der Waals surface area contributed by atoms with E-state index >= 15 is 0 Å². The first kappa shape index (κ1) is 15.5. The van der Waals surface area contributed by atoms with Crippen molar-refractivity contribution in [3.05, 3.63) is 0 Å². The smallest absolute Gasteiger partial charge is 0.309 e. The fraction of sp³-hybridized carbons (Fsp3) is 0.895. The third-order valence-corrected chi connectivity index (χ3v) is 6.73. The van der Waals surface area contributed by atoms with Crippen molar-refractivity contribution in [2.45, 2.75) is 76.2 Å². The first-order valence-electron chi connectivity index (χ1n) is 9.59. The van der Waals surface area contributed by atoms with Crippen LogP contribution in [0.15, 0.2) is 0 Å². The van der Waals surface area contributed by atoms with Crippen LogP contribution in [0.2, 0.25) is 0 Å². The summed E-state index contributed by atoms with van der Waals surface area (Å²) in [7, 11) is 0. The van der Waals surface area contributed by atoms with Crippen molar-refractivity contribution in [2.75, 3.05) is 6.61 Å². The van der Waals surface area contributed by atoms with Crippen LogP contribution >= 0.6 is 0 Å². The Balaban J connectivity index is 1.28. The predicted molar refractivity (Wildman–Crippen MR) is 86.6 cm³/mol. The molecule has 1 N–H and O–H groups in total. The highest BCUT2D eigenvalue weighted by Gasteiger charge is 2.51. The second-order valence-electron chi connectivity index (χ2n) is 8.69. The molecule has 0 radical (unpaired) electrons. The van der Waals surface area contributed by atoms with Gasteiger partial charge in [-0.3, -0.25) is 9.59 Å². The molecule has 5 aliphatic carbocycles. The lowest BCUT2D eigenvalue weighted by molar-refractivity contribution is -0.154. The Morgan fingerprint density at radius 3 is 2.04 bits per heavy atom. The summed E-state index contributed by atoms with van der Waals surface area (Å²) in [5, 5.41) is 3.27. The SMILES string of the molecule is O=C(COC(=O)C1CCCCC1)NC12CC3CC(CC(C3)C1)C2. The number of carbonyl (C=O) groups is 2. The molecule has 0 aromatic rings. The predicted octanol–water partition coefficient (Wildman–Crippen LogP) is 3.19. The molecular formula is C19H29NO3. The minimum atomic E-state index is -0.162. The monoisotopic (exact) mass is 319 g/mol. The maximum Gasteiger partial charge on any atom is 0.309 e. The first-order valence-corrected chi connectivity index (χ1v) is 9.59. The third kappa shape index (κ3) is 3.27. The molecule has 128 valence electrons. The van der Waals surface area contributed by atoms with Crippen molar-refractivity contribution < 1.29 is 14.3 Å². The van der Waals surface area contributed by atoms with E-state index in [0.717, 1.165) is 62.7 Å². The first-order chi connectivity index (χ1) is 11.1. The average Bonchev–Trinajstić information content (AvgIpc) is 2.51. The highest BCUT2D eigenvalue weighted by Crippen LogP contribution is 2.55. The van der Waals surface area contributed by atoms with E-state index in [9.17, 15) is 9.59 Å². The van der Waals surface area contributed by atoms with Crippen LogP contribution in [-0.2, 0) is 14.3 Å². The fourth-order valence-electron chi connectivity index (χ4n) is 6.19. The molecule has 4 nitrogen and oxygen atoms in total. The molecule has 5 saturated carbocycles. The van der Waals surface area contributed by atoms with Crippen LogP contribution in [0.5, 0.6) is 0 Å².